The van der Waals surface area contributed by atoms with E-state index in [0.717, 1.165) is 22.4 Å². The fourth-order valence-corrected chi connectivity index (χ4v) is 4.56. The fourth-order valence-electron chi connectivity index (χ4n) is 4.56. The number of benzene rings is 3. The second-order valence-corrected chi connectivity index (χ2v) is 8.45. The van der Waals surface area contributed by atoms with Gasteiger partial charge in [-0.25, -0.2) is 9.78 Å². The average molecular weight is 462 g/mol. The van der Waals surface area contributed by atoms with E-state index in [1.54, 1.807) is 0 Å². The van der Waals surface area contributed by atoms with Gasteiger partial charge in [-0.15, -0.1) is 0 Å². The lowest BCUT2D eigenvalue weighted by Gasteiger charge is -2.31. The molecule has 1 aliphatic heterocycles. The van der Waals surface area contributed by atoms with Crippen LogP contribution in [0.2, 0.25) is 0 Å². The number of carbonyl (C=O) groups is 1. The molecule has 0 unspecified atom stereocenters. The summed E-state index contributed by atoms with van der Waals surface area (Å²) in [4.78, 5) is 19.6. The number of aromatic nitrogens is 1. The van der Waals surface area contributed by atoms with Crippen LogP contribution in [-0.2, 0) is 13.1 Å². The number of para-hydroxylation sites is 1. The standard InChI is InChI=1S/C29H23N3O3/c30-14-15-35-23-12-10-20(11-13-23)16-22-18-32(17-21-6-2-1-3-7-21)19-25-27(29(33)34)24-8-4-5-9-26(24)31-28(22)25/h1-13,16H,15,17-19H2,(H,33,34)/b22-16-. The van der Waals surface area contributed by atoms with Crippen molar-refractivity contribution in [2.45, 2.75) is 13.1 Å². The molecule has 0 spiro atoms. The molecule has 35 heavy (non-hydrogen) atoms. The Kier molecular flexibility index (Phi) is 6.25. The van der Waals surface area contributed by atoms with Gasteiger partial charge in [0, 0.05) is 30.6 Å². The van der Waals surface area contributed by atoms with Gasteiger partial charge in [0.05, 0.1) is 16.8 Å². The van der Waals surface area contributed by atoms with Crippen LogP contribution in [0.15, 0.2) is 78.9 Å². The molecule has 0 amide bonds. The number of hydrogen-bond acceptors (Lipinski definition) is 5. The van der Waals surface area contributed by atoms with E-state index in [9.17, 15) is 9.90 Å². The molecule has 0 fully saturated rings. The van der Waals surface area contributed by atoms with Gasteiger partial charge < -0.3 is 9.84 Å². The molecular weight excluding hydrogens is 438 g/mol. The zero-order valence-electron chi connectivity index (χ0n) is 19.0. The highest BCUT2D eigenvalue weighted by atomic mass is 16.5. The molecule has 6 nitrogen and oxygen atoms in total. The predicted octanol–water partition coefficient (Wildman–Crippen LogP) is 5.39. The largest absolute Gasteiger partial charge is 0.479 e. The van der Waals surface area contributed by atoms with Gasteiger partial charge in [-0.2, -0.15) is 5.26 Å². The summed E-state index contributed by atoms with van der Waals surface area (Å²) in [5.74, 6) is -0.319. The smallest absolute Gasteiger partial charge is 0.336 e. The fraction of sp³-hybridized carbons (Fsp3) is 0.138. The maximum atomic E-state index is 12.4. The third kappa shape index (κ3) is 4.77. The Morgan fingerprint density at radius 2 is 1.77 bits per heavy atom. The molecule has 5 rings (SSSR count). The van der Waals surface area contributed by atoms with Gasteiger partial charge >= 0.3 is 5.97 Å². The van der Waals surface area contributed by atoms with Crippen LogP contribution in [-0.4, -0.2) is 34.1 Å². The lowest BCUT2D eigenvalue weighted by molar-refractivity contribution is 0.0696. The van der Waals surface area contributed by atoms with E-state index in [1.165, 1.54) is 5.56 Å². The lowest BCUT2D eigenvalue weighted by Crippen LogP contribution is -2.31. The van der Waals surface area contributed by atoms with Crippen LogP contribution in [0.4, 0.5) is 0 Å². The van der Waals surface area contributed by atoms with Gasteiger partial charge in [0.15, 0.2) is 6.61 Å². The summed E-state index contributed by atoms with van der Waals surface area (Å²) < 4.78 is 5.36. The third-order valence-electron chi connectivity index (χ3n) is 6.06. The monoisotopic (exact) mass is 461 g/mol. The molecule has 1 aromatic heterocycles. The molecule has 6 heteroatoms. The summed E-state index contributed by atoms with van der Waals surface area (Å²) in [6.45, 7) is 1.84. The Bertz CT molecular complexity index is 1450. The molecule has 0 bridgehead atoms. The number of hydrogen-bond donors (Lipinski definition) is 1. The SMILES string of the molecule is N#CCOc1ccc(/C=C2/CN(Cc3ccccc3)Cc3c2nc2ccccc2c3C(=O)O)cc1. The molecule has 0 radical (unpaired) electrons. The Morgan fingerprint density at radius 3 is 2.51 bits per heavy atom. The van der Waals surface area contributed by atoms with Crippen molar-refractivity contribution in [1.29, 1.82) is 5.26 Å². The second-order valence-electron chi connectivity index (χ2n) is 8.45. The van der Waals surface area contributed by atoms with Crippen LogP contribution in [0.5, 0.6) is 5.75 Å². The van der Waals surface area contributed by atoms with Crippen molar-refractivity contribution in [3.8, 4) is 11.8 Å². The van der Waals surface area contributed by atoms with Crippen LogP contribution in [0.3, 0.4) is 0 Å². The number of fused-ring (bicyclic) bond motifs is 2. The van der Waals surface area contributed by atoms with Crippen molar-refractivity contribution in [1.82, 2.24) is 9.88 Å². The van der Waals surface area contributed by atoms with E-state index in [4.69, 9.17) is 15.0 Å². The first-order valence-electron chi connectivity index (χ1n) is 11.3. The summed E-state index contributed by atoms with van der Waals surface area (Å²) in [7, 11) is 0. The predicted molar refractivity (Wildman–Crippen MR) is 135 cm³/mol. The number of nitrogens with zero attached hydrogens (tertiary/aromatic N) is 3. The van der Waals surface area contributed by atoms with E-state index >= 15 is 0 Å². The van der Waals surface area contributed by atoms with Gasteiger partial charge in [0.25, 0.3) is 0 Å². The molecule has 2 heterocycles. The first kappa shape index (κ1) is 22.3. The van der Waals surface area contributed by atoms with Crippen molar-refractivity contribution in [3.05, 3.63) is 107 Å². The normalized spacial score (nSPS) is 14.4. The molecule has 1 aliphatic rings. The van der Waals surface area contributed by atoms with Crippen molar-refractivity contribution >= 4 is 28.5 Å². The van der Waals surface area contributed by atoms with Crippen LogP contribution < -0.4 is 4.74 Å². The topological polar surface area (TPSA) is 86.5 Å². The first-order valence-corrected chi connectivity index (χ1v) is 11.3. The van der Waals surface area contributed by atoms with E-state index in [1.807, 2.05) is 72.8 Å². The maximum Gasteiger partial charge on any atom is 0.336 e. The summed E-state index contributed by atoms with van der Waals surface area (Å²) in [6, 6.07) is 27.0. The number of carboxylic acid groups (broad SMARTS) is 1. The Balaban J connectivity index is 1.61. The zero-order valence-corrected chi connectivity index (χ0v) is 19.0. The summed E-state index contributed by atoms with van der Waals surface area (Å²) in [5.41, 5.74) is 5.53. The van der Waals surface area contributed by atoms with Crippen molar-refractivity contribution in [2.75, 3.05) is 13.2 Å². The molecule has 0 saturated carbocycles. The number of aromatic carboxylic acids is 1. The van der Waals surface area contributed by atoms with Gasteiger partial charge in [-0.05, 0) is 41.0 Å². The zero-order chi connectivity index (χ0) is 24.2. The molecule has 1 N–H and O–H groups in total. The highest BCUT2D eigenvalue weighted by Crippen LogP contribution is 2.34. The Morgan fingerprint density at radius 1 is 1.03 bits per heavy atom. The van der Waals surface area contributed by atoms with E-state index < -0.39 is 5.97 Å². The first-order chi connectivity index (χ1) is 17.1. The average Bonchev–Trinajstić information content (AvgIpc) is 2.87. The number of rotatable bonds is 6. The summed E-state index contributed by atoms with van der Waals surface area (Å²) in [6.07, 6.45) is 2.05. The number of pyridine rings is 1. The van der Waals surface area contributed by atoms with Crippen LogP contribution in [0.25, 0.3) is 22.6 Å². The Labute approximate surface area is 203 Å². The second kappa shape index (κ2) is 9.80. The van der Waals surface area contributed by atoms with Gasteiger partial charge in [0.1, 0.15) is 11.8 Å². The highest BCUT2D eigenvalue weighted by Gasteiger charge is 2.28. The lowest BCUT2D eigenvalue weighted by atomic mass is 9.91. The van der Waals surface area contributed by atoms with Gasteiger partial charge in [-0.3, -0.25) is 4.90 Å². The minimum atomic E-state index is -0.945. The van der Waals surface area contributed by atoms with Crippen LogP contribution >= 0.6 is 0 Å². The minimum absolute atomic E-state index is 0.00276. The molecular formula is C29H23N3O3. The summed E-state index contributed by atoms with van der Waals surface area (Å²) >= 11 is 0. The highest BCUT2D eigenvalue weighted by molar-refractivity contribution is 6.06. The quantitative estimate of drug-likeness (QED) is 0.414. The van der Waals surface area contributed by atoms with Crippen molar-refractivity contribution in [2.24, 2.45) is 0 Å². The molecule has 3 aromatic carbocycles. The third-order valence-corrected chi connectivity index (χ3v) is 6.06. The van der Waals surface area contributed by atoms with Crippen LogP contribution in [0.1, 0.15) is 32.7 Å². The number of nitriles is 1. The Hall–Kier alpha value is -4.47. The van der Waals surface area contributed by atoms with Crippen molar-refractivity contribution < 1.29 is 14.6 Å². The molecule has 4 aromatic rings. The molecule has 0 atom stereocenters. The molecule has 172 valence electrons. The molecule has 0 saturated heterocycles. The summed E-state index contributed by atoms with van der Waals surface area (Å²) in [5, 5.41) is 19.6. The minimum Gasteiger partial charge on any atom is -0.479 e. The van der Waals surface area contributed by atoms with Gasteiger partial charge in [-0.1, -0.05) is 60.7 Å². The number of carboxylic acids is 1. The van der Waals surface area contributed by atoms with E-state index in [2.05, 4.69) is 23.1 Å². The van der Waals surface area contributed by atoms with E-state index in [-0.39, 0.29) is 6.61 Å². The van der Waals surface area contributed by atoms with Gasteiger partial charge in [0.2, 0.25) is 0 Å². The molecule has 0 aliphatic carbocycles. The van der Waals surface area contributed by atoms with Crippen LogP contribution in [0, 0.1) is 11.3 Å². The van der Waals surface area contributed by atoms with Crippen molar-refractivity contribution in [3.63, 3.8) is 0 Å². The number of ether oxygens (including phenoxy) is 1. The maximum absolute atomic E-state index is 12.4. The van der Waals surface area contributed by atoms with E-state index in [0.29, 0.717) is 41.9 Å².